The number of Topliss-reactive ketones (excluding diaryl/α,β-unsaturated/α-hetero) is 2. The number of aromatic hydroxyl groups is 1. The van der Waals surface area contributed by atoms with E-state index in [1.54, 1.807) is 33.1 Å². The molecule has 3 aliphatic carbocycles. The second-order valence-electron chi connectivity index (χ2n) is 11.0. The smallest absolute Gasteiger partial charge is 0.255 e. The summed E-state index contributed by atoms with van der Waals surface area (Å²) in [7, 11) is 1.54. The fourth-order valence-corrected chi connectivity index (χ4v) is 6.86. The minimum Gasteiger partial charge on any atom is -0.508 e. The molecule has 1 saturated carbocycles. The van der Waals surface area contributed by atoms with Gasteiger partial charge in [-0.2, -0.15) is 0 Å². The number of phenols is 1. The fourth-order valence-electron chi connectivity index (χ4n) is 6.86. The van der Waals surface area contributed by atoms with E-state index in [9.17, 15) is 34.8 Å². The number of primary amides is 1. The second-order valence-corrected chi connectivity index (χ2v) is 11.0. The lowest BCUT2D eigenvalue weighted by atomic mass is 9.54. The highest BCUT2D eigenvalue weighted by atomic mass is 16.5. The van der Waals surface area contributed by atoms with Gasteiger partial charge in [-0.15, -0.1) is 0 Å². The first-order valence-corrected chi connectivity index (χ1v) is 13.1. The maximum atomic E-state index is 14.0. The lowest BCUT2D eigenvalue weighted by Crippen LogP contribution is -2.62. The van der Waals surface area contributed by atoms with Crippen molar-refractivity contribution in [1.82, 2.24) is 0 Å². The predicted octanol–water partition coefficient (Wildman–Crippen LogP) is 2.44. The fraction of sp³-hybridized carbons (Fsp3) is 0.367. The van der Waals surface area contributed by atoms with Gasteiger partial charge in [0.1, 0.15) is 28.6 Å². The van der Waals surface area contributed by atoms with Crippen LogP contribution >= 0.6 is 0 Å². The van der Waals surface area contributed by atoms with Crippen molar-refractivity contribution in [3.63, 3.8) is 0 Å². The standard InChI is InChI=1S/C30H32N2O8/c1-12(2)21-18-10-14-9-17-16(13-4-7-20(40-3)15(8-13)11-31)5-6-19(33)23(17)26(35)22(14)27(36)30(18,39)28(37)24(25(21)34)29(32)38/h4-8,12,14,18,21,33,35,37,39H,9-11,31H2,1-3H3,(H2,32,38)/t14-,18-,21-,30-/m0/s1. The number of aliphatic hydroxyl groups is 3. The number of benzene rings is 2. The van der Waals surface area contributed by atoms with Crippen LogP contribution in [0.15, 0.2) is 47.2 Å². The number of aliphatic hydroxyl groups excluding tert-OH is 2. The first-order chi connectivity index (χ1) is 18.9. The molecule has 0 radical (unpaired) electrons. The predicted molar refractivity (Wildman–Crippen MR) is 145 cm³/mol. The molecular weight excluding hydrogens is 516 g/mol. The topological polar surface area (TPSA) is 193 Å². The van der Waals surface area contributed by atoms with Crippen LogP contribution < -0.4 is 16.2 Å². The number of hydrogen-bond acceptors (Lipinski definition) is 9. The van der Waals surface area contributed by atoms with Crippen molar-refractivity contribution in [3.05, 3.63) is 63.9 Å². The van der Waals surface area contributed by atoms with E-state index >= 15 is 0 Å². The van der Waals surface area contributed by atoms with Crippen molar-refractivity contribution in [1.29, 1.82) is 0 Å². The summed E-state index contributed by atoms with van der Waals surface area (Å²) in [4.78, 5) is 39.4. The molecule has 10 heteroatoms. The molecule has 1 fully saturated rings. The van der Waals surface area contributed by atoms with Crippen LogP contribution in [0.4, 0.5) is 0 Å². The molecule has 0 heterocycles. The van der Waals surface area contributed by atoms with Gasteiger partial charge in [-0.25, -0.2) is 0 Å². The van der Waals surface area contributed by atoms with E-state index in [0.717, 1.165) is 11.1 Å². The van der Waals surface area contributed by atoms with Crippen LogP contribution in [0.25, 0.3) is 16.9 Å². The van der Waals surface area contributed by atoms with Crippen LogP contribution in [0.2, 0.25) is 0 Å². The first-order valence-electron chi connectivity index (χ1n) is 13.1. The Kier molecular flexibility index (Phi) is 6.51. The van der Waals surface area contributed by atoms with Gasteiger partial charge in [0.05, 0.1) is 12.7 Å². The van der Waals surface area contributed by atoms with Gasteiger partial charge in [-0.05, 0) is 59.6 Å². The minimum atomic E-state index is -2.64. The third-order valence-corrected chi connectivity index (χ3v) is 8.66. The highest BCUT2D eigenvalue weighted by molar-refractivity contribution is 6.23. The molecule has 8 N–H and O–H groups in total. The van der Waals surface area contributed by atoms with E-state index in [1.807, 2.05) is 12.1 Å². The molecule has 0 saturated heterocycles. The normalized spacial score (nSPS) is 26.0. The molecule has 5 rings (SSSR count). The lowest BCUT2D eigenvalue weighted by molar-refractivity contribution is -0.155. The Labute approximate surface area is 230 Å². The van der Waals surface area contributed by atoms with Crippen molar-refractivity contribution in [2.45, 2.75) is 38.8 Å². The molecule has 0 spiro atoms. The van der Waals surface area contributed by atoms with Crippen molar-refractivity contribution in [2.24, 2.45) is 35.1 Å². The highest BCUT2D eigenvalue weighted by Gasteiger charge is 2.64. The number of fused-ring (bicyclic) bond motifs is 3. The Bertz CT molecular complexity index is 1540. The van der Waals surface area contributed by atoms with Gasteiger partial charge < -0.3 is 36.6 Å². The average molecular weight is 549 g/mol. The average Bonchev–Trinajstić information content (AvgIpc) is 2.90. The monoisotopic (exact) mass is 548 g/mol. The number of nitrogens with two attached hydrogens (primary N) is 2. The molecule has 1 amide bonds. The maximum Gasteiger partial charge on any atom is 0.255 e. The van der Waals surface area contributed by atoms with Crippen molar-refractivity contribution in [3.8, 4) is 22.6 Å². The number of amides is 1. The van der Waals surface area contributed by atoms with E-state index in [2.05, 4.69) is 0 Å². The Morgan fingerprint density at radius 1 is 1.15 bits per heavy atom. The number of phenolic OH excluding ortho intramolecular Hbond substituents is 1. The van der Waals surface area contributed by atoms with Gasteiger partial charge >= 0.3 is 0 Å². The summed E-state index contributed by atoms with van der Waals surface area (Å²) in [6.45, 7) is 3.67. The molecule has 40 heavy (non-hydrogen) atoms. The molecule has 0 bridgehead atoms. The first kappa shape index (κ1) is 27.4. The SMILES string of the molecule is COc1ccc(-c2ccc(O)c3c2C[C@H]2C[C@H]4[C@H](C(C)C)C(=O)C(C(N)=O)=C(O)[C@@]4(O)C(=O)C2=C3O)cc1CN. The van der Waals surface area contributed by atoms with Gasteiger partial charge in [-0.3, -0.25) is 14.4 Å². The molecule has 10 nitrogen and oxygen atoms in total. The van der Waals surface area contributed by atoms with Gasteiger partial charge in [0.25, 0.3) is 5.91 Å². The number of ketones is 2. The van der Waals surface area contributed by atoms with Gasteiger partial charge in [0.2, 0.25) is 5.78 Å². The molecule has 210 valence electrons. The molecule has 4 atom stereocenters. The zero-order valence-electron chi connectivity index (χ0n) is 22.4. The Morgan fingerprint density at radius 3 is 2.45 bits per heavy atom. The summed E-state index contributed by atoms with van der Waals surface area (Å²) in [5.74, 6) is -7.35. The van der Waals surface area contributed by atoms with Crippen LogP contribution in [-0.4, -0.2) is 50.6 Å². The van der Waals surface area contributed by atoms with Crippen molar-refractivity contribution in [2.75, 3.05) is 7.11 Å². The van der Waals surface area contributed by atoms with Crippen LogP contribution in [0.3, 0.4) is 0 Å². The summed E-state index contributed by atoms with van der Waals surface area (Å²) in [5.41, 5.74) is 10.5. The molecule has 3 aliphatic rings. The van der Waals surface area contributed by atoms with Crippen LogP contribution in [0, 0.1) is 23.7 Å². The van der Waals surface area contributed by atoms with Crippen LogP contribution in [-0.2, 0) is 27.3 Å². The van der Waals surface area contributed by atoms with Gasteiger partial charge in [0, 0.05) is 29.5 Å². The maximum absolute atomic E-state index is 14.0. The number of ether oxygens (including phenoxy) is 1. The van der Waals surface area contributed by atoms with Crippen LogP contribution in [0.5, 0.6) is 11.5 Å². The number of carbonyl (C=O) groups is 3. The molecule has 0 aliphatic heterocycles. The van der Waals surface area contributed by atoms with Gasteiger partial charge in [0.15, 0.2) is 11.4 Å². The molecule has 2 aromatic carbocycles. The van der Waals surface area contributed by atoms with Crippen LogP contribution in [0.1, 0.15) is 37.0 Å². The van der Waals surface area contributed by atoms with Gasteiger partial charge in [-0.1, -0.05) is 26.0 Å². The molecular formula is C30H32N2O8. The van der Waals surface area contributed by atoms with E-state index in [-0.39, 0.29) is 36.3 Å². The van der Waals surface area contributed by atoms with E-state index in [0.29, 0.717) is 16.9 Å². The lowest BCUT2D eigenvalue weighted by Gasteiger charge is -2.50. The molecule has 0 aromatic heterocycles. The largest absolute Gasteiger partial charge is 0.508 e. The number of methoxy groups -OCH3 is 1. The number of carbonyl (C=O) groups excluding carboxylic acids is 3. The Morgan fingerprint density at radius 2 is 1.85 bits per heavy atom. The second kappa shape index (κ2) is 9.50. The zero-order valence-corrected chi connectivity index (χ0v) is 22.4. The van der Waals surface area contributed by atoms with E-state index < -0.39 is 63.8 Å². The van der Waals surface area contributed by atoms with Crippen molar-refractivity contribution >= 4 is 23.2 Å². The highest BCUT2D eigenvalue weighted by Crippen LogP contribution is 2.55. The van der Waals surface area contributed by atoms with E-state index in [1.165, 1.54) is 6.07 Å². The quantitative estimate of drug-likeness (QED) is 0.304. The third-order valence-electron chi connectivity index (χ3n) is 8.66. The Hall–Kier alpha value is -4.15. The molecule has 2 aromatic rings. The summed E-state index contributed by atoms with van der Waals surface area (Å²) in [5, 5.41) is 45.0. The van der Waals surface area contributed by atoms with E-state index in [4.69, 9.17) is 16.2 Å². The zero-order chi connectivity index (χ0) is 29.3. The Balaban J connectivity index is 1.72. The number of rotatable bonds is 5. The third kappa shape index (κ3) is 3.66. The minimum absolute atomic E-state index is 0.0372. The summed E-state index contributed by atoms with van der Waals surface area (Å²) < 4.78 is 5.38. The molecule has 0 unspecified atom stereocenters. The summed E-state index contributed by atoms with van der Waals surface area (Å²) in [6, 6.07) is 8.57. The summed E-state index contributed by atoms with van der Waals surface area (Å²) in [6.07, 6.45) is 0.254. The number of hydrogen-bond donors (Lipinski definition) is 6. The summed E-state index contributed by atoms with van der Waals surface area (Å²) >= 11 is 0. The van der Waals surface area contributed by atoms with Crippen molar-refractivity contribution < 1.29 is 39.5 Å².